The van der Waals surface area contributed by atoms with E-state index in [1.54, 1.807) is 6.07 Å². The Labute approximate surface area is 191 Å². The Hall–Kier alpha value is -1.13. The number of anilines is 1. The van der Waals surface area contributed by atoms with E-state index >= 15 is 0 Å². The van der Waals surface area contributed by atoms with Crippen molar-refractivity contribution >= 4 is 35.6 Å². The summed E-state index contributed by atoms with van der Waals surface area (Å²) in [5, 5.41) is 3.58. The van der Waals surface area contributed by atoms with E-state index in [-0.39, 0.29) is 29.8 Å². The van der Waals surface area contributed by atoms with Gasteiger partial charge in [0.15, 0.2) is 5.96 Å². The smallest absolute Gasteiger partial charge is 0.193 e. The number of halogens is 2. The standard InChI is InChI=1S/C21H34FN5O.HI/c1-17(2)20(26-12-14-28-15-13-26)16-24-21(23-3)27-10-8-25(9-11-27)19-7-5-4-6-18(19)22;/h4-7,17,20H,8-16H2,1-3H3,(H,23,24);1H. The lowest BCUT2D eigenvalue weighted by atomic mass is 10.0. The molecular weight excluding hydrogens is 484 g/mol. The number of morpholine rings is 1. The Bertz CT molecular complexity index is 646. The second kappa shape index (κ2) is 11.9. The Balaban J connectivity index is 0.00000300. The van der Waals surface area contributed by atoms with E-state index in [0.717, 1.165) is 65.0 Å². The van der Waals surface area contributed by atoms with Crippen LogP contribution in [0.3, 0.4) is 0 Å². The summed E-state index contributed by atoms with van der Waals surface area (Å²) < 4.78 is 19.6. The van der Waals surface area contributed by atoms with Crippen molar-refractivity contribution in [3.63, 3.8) is 0 Å². The molecule has 0 bridgehead atoms. The molecule has 2 fully saturated rings. The Morgan fingerprint density at radius 3 is 2.34 bits per heavy atom. The Morgan fingerprint density at radius 1 is 1.10 bits per heavy atom. The van der Waals surface area contributed by atoms with Crippen LogP contribution in [-0.2, 0) is 4.74 Å². The van der Waals surface area contributed by atoms with Gasteiger partial charge in [-0.2, -0.15) is 0 Å². The summed E-state index contributed by atoms with van der Waals surface area (Å²) in [5.41, 5.74) is 0.692. The van der Waals surface area contributed by atoms with Crippen LogP contribution in [0, 0.1) is 11.7 Å². The third-order valence-corrected chi connectivity index (χ3v) is 5.74. The predicted molar refractivity (Wildman–Crippen MR) is 128 cm³/mol. The number of rotatable bonds is 5. The highest BCUT2D eigenvalue weighted by Gasteiger charge is 2.26. The van der Waals surface area contributed by atoms with Crippen LogP contribution in [-0.4, -0.2) is 87.9 Å². The maximum atomic E-state index is 14.1. The summed E-state index contributed by atoms with van der Waals surface area (Å²) in [6.07, 6.45) is 0. The van der Waals surface area contributed by atoms with Crippen molar-refractivity contribution in [3.8, 4) is 0 Å². The van der Waals surface area contributed by atoms with Gasteiger partial charge in [-0.05, 0) is 18.1 Å². The van der Waals surface area contributed by atoms with Crippen molar-refractivity contribution in [1.29, 1.82) is 0 Å². The van der Waals surface area contributed by atoms with Gasteiger partial charge in [-0.15, -0.1) is 24.0 Å². The molecule has 0 saturated carbocycles. The number of guanidine groups is 1. The summed E-state index contributed by atoms with van der Waals surface area (Å²) in [6, 6.07) is 7.47. The molecule has 29 heavy (non-hydrogen) atoms. The fraction of sp³-hybridized carbons (Fsp3) is 0.667. The first-order chi connectivity index (χ1) is 13.6. The van der Waals surface area contributed by atoms with E-state index < -0.39 is 0 Å². The molecule has 0 aliphatic carbocycles. The molecule has 0 amide bonds. The van der Waals surface area contributed by atoms with Crippen molar-refractivity contribution in [3.05, 3.63) is 30.1 Å². The van der Waals surface area contributed by atoms with E-state index in [0.29, 0.717) is 17.6 Å². The lowest BCUT2D eigenvalue weighted by Crippen LogP contribution is -2.56. The molecule has 2 heterocycles. The number of ether oxygens (including phenoxy) is 1. The zero-order valence-electron chi connectivity index (χ0n) is 17.8. The molecule has 2 aliphatic heterocycles. The van der Waals surface area contributed by atoms with Gasteiger partial charge in [0.2, 0.25) is 0 Å². The van der Waals surface area contributed by atoms with Gasteiger partial charge in [0.1, 0.15) is 5.82 Å². The van der Waals surface area contributed by atoms with Gasteiger partial charge in [0, 0.05) is 58.9 Å². The molecular formula is C21H35FIN5O. The first kappa shape index (κ1) is 24.1. The van der Waals surface area contributed by atoms with E-state index in [1.807, 2.05) is 19.2 Å². The maximum absolute atomic E-state index is 14.1. The SMILES string of the molecule is CN=C(NCC(C(C)C)N1CCOCC1)N1CCN(c2ccccc2F)CC1.I. The molecule has 2 saturated heterocycles. The predicted octanol–water partition coefficient (Wildman–Crippen LogP) is 2.50. The first-order valence-electron chi connectivity index (χ1n) is 10.4. The summed E-state index contributed by atoms with van der Waals surface area (Å²) in [4.78, 5) is 11.4. The quantitative estimate of drug-likeness (QED) is 0.368. The number of hydrogen-bond donors (Lipinski definition) is 1. The maximum Gasteiger partial charge on any atom is 0.193 e. The van der Waals surface area contributed by atoms with Gasteiger partial charge in [-0.3, -0.25) is 9.89 Å². The molecule has 2 aliphatic rings. The zero-order valence-corrected chi connectivity index (χ0v) is 20.1. The number of benzene rings is 1. The number of nitrogens with one attached hydrogen (secondary N) is 1. The van der Waals surface area contributed by atoms with Gasteiger partial charge in [0.25, 0.3) is 0 Å². The fourth-order valence-corrected chi connectivity index (χ4v) is 4.09. The molecule has 1 aromatic carbocycles. The van der Waals surface area contributed by atoms with Crippen LogP contribution in [0.1, 0.15) is 13.8 Å². The average Bonchev–Trinajstić information content (AvgIpc) is 2.72. The fourth-order valence-electron chi connectivity index (χ4n) is 4.09. The Kier molecular flexibility index (Phi) is 9.91. The van der Waals surface area contributed by atoms with Gasteiger partial charge in [-0.25, -0.2) is 4.39 Å². The van der Waals surface area contributed by atoms with Crippen molar-refractivity contribution in [2.75, 3.05) is 71.0 Å². The third kappa shape index (κ3) is 6.42. The molecule has 1 unspecified atom stereocenters. The second-order valence-corrected chi connectivity index (χ2v) is 7.81. The minimum absolute atomic E-state index is 0. The van der Waals surface area contributed by atoms with Crippen molar-refractivity contribution in [1.82, 2.24) is 15.1 Å². The van der Waals surface area contributed by atoms with Crippen LogP contribution >= 0.6 is 24.0 Å². The number of aliphatic imine (C=N–C) groups is 1. The molecule has 1 N–H and O–H groups in total. The van der Waals surface area contributed by atoms with Crippen molar-refractivity contribution < 1.29 is 9.13 Å². The number of nitrogens with zero attached hydrogens (tertiary/aromatic N) is 4. The molecule has 0 radical (unpaired) electrons. The average molecular weight is 519 g/mol. The van der Waals surface area contributed by atoms with Gasteiger partial charge in [0.05, 0.1) is 18.9 Å². The van der Waals surface area contributed by atoms with Gasteiger partial charge >= 0.3 is 0 Å². The van der Waals surface area contributed by atoms with Crippen LogP contribution in [0.4, 0.5) is 10.1 Å². The van der Waals surface area contributed by atoms with Crippen LogP contribution in [0.15, 0.2) is 29.3 Å². The van der Waals surface area contributed by atoms with Crippen LogP contribution in [0.2, 0.25) is 0 Å². The zero-order chi connectivity index (χ0) is 19.9. The van der Waals surface area contributed by atoms with Gasteiger partial charge < -0.3 is 19.9 Å². The minimum atomic E-state index is -0.149. The van der Waals surface area contributed by atoms with Crippen LogP contribution in [0.5, 0.6) is 0 Å². The molecule has 0 aromatic heterocycles. The summed E-state index contributed by atoms with van der Waals surface area (Å²) in [7, 11) is 1.84. The normalized spacial score (nSPS) is 19.8. The van der Waals surface area contributed by atoms with E-state index in [9.17, 15) is 4.39 Å². The first-order valence-corrected chi connectivity index (χ1v) is 10.4. The van der Waals surface area contributed by atoms with Crippen molar-refractivity contribution in [2.24, 2.45) is 10.9 Å². The van der Waals surface area contributed by atoms with Gasteiger partial charge in [-0.1, -0.05) is 26.0 Å². The highest BCUT2D eigenvalue weighted by Crippen LogP contribution is 2.20. The topological polar surface area (TPSA) is 43.3 Å². The monoisotopic (exact) mass is 519 g/mol. The highest BCUT2D eigenvalue weighted by atomic mass is 127. The lowest BCUT2D eigenvalue weighted by molar-refractivity contribution is 0.00739. The van der Waals surface area contributed by atoms with Crippen LogP contribution < -0.4 is 10.2 Å². The second-order valence-electron chi connectivity index (χ2n) is 7.81. The molecule has 3 rings (SSSR count). The molecule has 1 aromatic rings. The van der Waals surface area contributed by atoms with E-state index in [2.05, 4.69) is 38.9 Å². The Morgan fingerprint density at radius 2 is 1.76 bits per heavy atom. The van der Waals surface area contributed by atoms with Crippen molar-refractivity contribution in [2.45, 2.75) is 19.9 Å². The number of para-hydroxylation sites is 1. The molecule has 6 nitrogen and oxygen atoms in total. The lowest BCUT2D eigenvalue weighted by Gasteiger charge is -2.40. The molecule has 0 spiro atoms. The summed E-state index contributed by atoms with van der Waals surface area (Å²) in [6.45, 7) is 12.3. The summed E-state index contributed by atoms with van der Waals surface area (Å²) in [5.74, 6) is 1.34. The summed E-state index contributed by atoms with van der Waals surface area (Å²) >= 11 is 0. The largest absolute Gasteiger partial charge is 0.379 e. The van der Waals surface area contributed by atoms with Crippen LogP contribution in [0.25, 0.3) is 0 Å². The molecule has 1 atom stereocenters. The number of piperazine rings is 1. The van der Waals surface area contributed by atoms with E-state index in [4.69, 9.17) is 4.74 Å². The van der Waals surface area contributed by atoms with E-state index in [1.165, 1.54) is 6.07 Å². The number of hydrogen-bond acceptors (Lipinski definition) is 4. The molecule has 164 valence electrons. The minimum Gasteiger partial charge on any atom is -0.379 e. The molecule has 8 heteroatoms. The third-order valence-electron chi connectivity index (χ3n) is 5.74. The highest BCUT2D eigenvalue weighted by molar-refractivity contribution is 14.0.